The van der Waals surface area contributed by atoms with E-state index in [1.165, 1.54) is 0 Å². The average molecular weight is 266 g/mol. The van der Waals surface area contributed by atoms with Crippen molar-refractivity contribution in [3.05, 3.63) is 6.07 Å². The number of methoxy groups -OCH3 is 2. The first-order valence-electron chi connectivity index (χ1n) is 6.63. The number of nitrogens with zero attached hydrogens (tertiary/aromatic N) is 3. The van der Waals surface area contributed by atoms with Crippen LogP contribution in [0.5, 0.6) is 11.8 Å². The van der Waals surface area contributed by atoms with Gasteiger partial charge in [-0.25, -0.2) is 0 Å². The van der Waals surface area contributed by atoms with Crippen LogP contribution in [0.1, 0.15) is 12.8 Å². The van der Waals surface area contributed by atoms with Crippen LogP contribution >= 0.6 is 0 Å². The van der Waals surface area contributed by atoms with E-state index in [4.69, 9.17) is 9.47 Å². The summed E-state index contributed by atoms with van der Waals surface area (Å²) in [6.45, 7) is 3.03. The summed E-state index contributed by atoms with van der Waals surface area (Å²) in [7, 11) is 5.21. The minimum atomic E-state index is 0.541. The van der Waals surface area contributed by atoms with E-state index in [1.807, 2.05) is 7.05 Å². The van der Waals surface area contributed by atoms with Gasteiger partial charge in [0, 0.05) is 13.1 Å². The first-order valence-corrected chi connectivity index (χ1v) is 6.63. The molecule has 0 radical (unpaired) electrons. The van der Waals surface area contributed by atoms with Crippen molar-refractivity contribution < 1.29 is 9.47 Å². The Bertz CT molecular complexity index is 383. The summed E-state index contributed by atoms with van der Waals surface area (Å²) in [6, 6.07) is 1.69. The third kappa shape index (κ3) is 3.47. The Kier molecular flexibility index (Phi) is 4.79. The van der Waals surface area contributed by atoms with E-state index < -0.39 is 0 Å². The predicted octanol–water partition coefficient (Wildman–Crippen LogP) is 0.930. The second-order valence-electron chi connectivity index (χ2n) is 4.74. The lowest BCUT2D eigenvalue weighted by molar-refractivity contribution is 0.364. The van der Waals surface area contributed by atoms with E-state index in [2.05, 4.69) is 20.2 Å². The van der Waals surface area contributed by atoms with Gasteiger partial charge in [0.15, 0.2) is 0 Å². The highest BCUT2D eigenvalue weighted by atomic mass is 16.5. The van der Waals surface area contributed by atoms with Crippen molar-refractivity contribution in [2.24, 2.45) is 5.92 Å². The summed E-state index contributed by atoms with van der Waals surface area (Å²) in [6.07, 6.45) is 2.31. The molecule has 0 aliphatic carbocycles. The standard InChI is InChI=1S/C13H22N4O2/c1-14-9-10-4-6-17(7-5-10)13-15-11(18-2)8-12(16-13)19-3/h8,10,14H,4-7,9H2,1-3H3. The van der Waals surface area contributed by atoms with Crippen molar-refractivity contribution in [2.75, 3.05) is 45.8 Å². The third-order valence-corrected chi connectivity index (χ3v) is 3.48. The lowest BCUT2D eigenvalue weighted by Crippen LogP contribution is -2.37. The van der Waals surface area contributed by atoms with Crippen LogP contribution in [0.3, 0.4) is 0 Å². The normalized spacial score (nSPS) is 16.5. The van der Waals surface area contributed by atoms with Crippen molar-refractivity contribution in [2.45, 2.75) is 12.8 Å². The van der Waals surface area contributed by atoms with Crippen molar-refractivity contribution >= 4 is 5.95 Å². The summed E-state index contributed by atoms with van der Waals surface area (Å²) in [5, 5.41) is 3.24. The van der Waals surface area contributed by atoms with Gasteiger partial charge >= 0.3 is 0 Å². The van der Waals surface area contributed by atoms with Crippen molar-refractivity contribution in [3.63, 3.8) is 0 Å². The predicted molar refractivity (Wildman–Crippen MR) is 74.0 cm³/mol. The Morgan fingerprint density at radius 3 is 2.26 bits per heavy atom. The number of ether oxygens (including phenoxy) is 2. The highest BCUT2D eigenvalue weighted by Gasteiger charge is 2.21. The molecule has 0 spiro atoms. The minimum Gasteiger partial charge on any atom is -0.481 e. The van der Waals surface area contributed by atoms with E-state index in [0.717, 1.165) is 38.4 Å². The Labute approximate surface area is 114 Å². The van der Waals surface area contributed by atoms with Crippen molar-refractivity contribution in [1.29, 1.82) is 0 Å². The molecule has 6 heteroatoms. The molecule has 1 aliphatic rings. The first kappa shape index (κ1) is 13.9. The maximum atomic E-state index is 5.18. The summed E-state index contributed by atoms with van der Waals surface area (Å²) < 4.78 is 10.4. The smallest absolute Gasteiger partial charge is 0.231 e. The second-order valence-corrected chi connectivity index (χ2v) is 4.74. The fraction of sp³-hybridized carbons (Fsp3) is 0.692. The molecule has 1 fully saturated rings. The molecule has 1 N–H and O–H groups in total. The molecule has 1 aromatic heterocycles. The van der Waals surface area contributed by atoms with Gasteiger partial charge in [-0.2, -0.15) is 9.97 Å². The van der Waals surface area contributed by atoms with Crippen molar-refractivity contribution in [1.82, 2.24) is 15.3 Å². The van der Waals surface area contributed by atoms with Gasteiger partial charge in [-0.1, -0.05) is 0 Å². The summed E-state index contributed by atoms with van der Waals surface area (Å²) >= 11 is 0. The molecule has 106 valence electrons. The van der Waals surface area contributed by atoms with E-state index in [0.29, 0.717) is 17.7 Å². The Hall–Kier alpha value is -1.56. The van der Waals surface area contributed by atoms with E-state index >= 15 is 0 Å². The maximum Gasteiger partial charge on any atom is 0.231 e. The maximum absolute atomic E-state index is 5.18. The van der Waals surface area contributed by atoms with Crippen LogP contribution in [0.2, 0.25) is 0 Å². The van der Waals surface area contributed by atoms with Crippen LogP contribution in [0.15, 0.2) is 6.07 Å². The van der Waals surface area contributed by atoms with Gasteiger partial charge in [0.05, 0.1) is 20.3 Å². The van der Waals surface area contributed by atoms with E-state index in [-0.39, 0.29) is 0 Å². The lowest BCUT2D eigenvalue weighted by Gasteiger charge is -2.32. The molecule has 0 unspecified atom stereocenters. The van der Waals surface area contributed by atoms with Crippen LogP contribution in [-0.4, -0.2) is 50.9 Å². The molecule has 19 heavy (non-hydrogen) atoms. The lowest BCUT2D eigenvalue weighted by atomic mass is 9.97. The van der Waals surface area contributed by atoms with Gasteiger partial charge in [-0.3, -0.25) is 0 Å². The van der Waals surface area contributed by atoms with E-state index in [1.54, 1.807) is 20.3 Å². The van der Waals surface area contributed by atoms with E-state index in [9.17, 15) is 0 Å². The zero-order valence-corrected chi connectivity index (χ0v) is 11.8. The van der Waals surface area contributed by atoms with Crippen LogP contribution in [0, 0.1) is 5.92 Å². The molecule has 2 heterocycles. The van der Waals surface area contributed by atoms with Crippen LogP contribution in [0.25, 0.3) is 0 Å². The molecule has 2 rings (SSSR count). The SMILES string of the molecule is CNCC1CCN(c2nc(OC)cc(OC)n2)CC1. The highest BCUT2D eigenvalue weighted by molar-refractivity contribution is 5.37. The first-order chi connectivity index (χ1) is 9.26. The molecule has 0 saturated carbocycles. The highest BCUT2D eigenvalue weighted by Crippen LogP contribution is 2.24. The fourth-order valence-electron chi connectivity index (χ4n) is 2.37. The van der Waals surface area contributed by atoms with Gasteiger partial charge in [0.1, 0.15) is 0 Å². The topological polar surface area (TPSA) is 59.5 Å². The minimum absolute atomic E-state index is 0.541. The molecule has 0 bridgehead atoms. The quantitative estimate of drug-likeness (QED) is 0.855. The molecule has 0 amide bonds. The number of anilines is 1. The zero-order chi connectivity index (χ0) is 13.7. The molecular formula is C13H22N4O2. The van der Waals surface area contributed by atoms with Gasteiger partial charge < -0.3 is 19.7 Å². The third-order valence-electron chi connectivity index (χ3n) is 3.48. The average Bonchev–Trinajstić information content (AvgIpc) is 2.47. The molecule has 0 atom stereocenters. The van der Waals surface area contributed by atoms with Crippen LogP contribution in [-0.2, 0) is 0 Å². The number of rotatable bonds is 5. The van der Waals surface area contributed by atoms with Crippen molar-refractivity contribution in [3.8, 4) is 11.8 Å². The molecule has 1 aromatic rings. The molecule has 6 nitrogen and oxygen atoms in total. The Morgan fingerprint density at radius 1 is 1.21 bits per heavy atom. The number of hydrogen-bond donors (Lipinski definition) is 1. The molecule has 1 aliphatic heterocycles. The summed E-state index contributed by atoms with van der Waals surface area (Å²) in [4.78, 5) is 11.0. The van der Waals surface area contributed by atoms with Gasteiger partial charge in [0.2, 0.25) is 17.7 Å². The second kappa shape index (κ2) is 6.56. The number of piperidine rings is 1. The Balaban J connectivity index is 2.06. The van der Waals surface area contributed by atoms with Crippen LogP contribution in [0.4, 0.5) is 5.95 Å². The number of hydrogen-bond acceptors (Lipinski definition) is 6. The fourth-order valence-corrected chi connectivity index (χ4v) is 2.37. The molecular weight excluding hydrogens is 244 g/mol. The largest absolute Gasteiger partial charge is 0.481 e. The molecule has 0 aromatic carbocycles. The molecule has 1 saturated heterocycles. The van der Waals surface area contributed by atoms with Gasteiger partial charge in [0.25, 0.3) is 0 Å². The monoisotopic (exact) mass is 266 g/mol. The summed E-state index contributed by atoms with van der Waals surface area (Å²) in [5.74, 6) is 2.52. The Morgan fingerprint density at radius 2 is 1.79 bits per heavy atom. The number of aromatic nitrogens is 2. The van der Waals surface area contributed by atoms with Gasteiger partial charge in [-0.05, 0) is 32.4 Å². The van der Waals surface area contributed by atoms with Crippen LogP contribution < -0.4 is 19.7 Å². The summed E-state index contributed by atoms with van der Waals surface area (Å²) in [5.41, 5.74) is 0. The number of nitrogens with one attached hydrogen (secondary N) is 1. The van der Waals surface area contributed by atoms with Gasteiger partial charge in [-0.15, -0.1) is 0 Å². The zero-order valence-electron chi connectivity index (χ0n) is 11.8.